The number of fused-ring (bicyclic) bond motifs is 1. The average molecular weight is 400 g/mol. The van der Waals surface area contributed by atoms with Crippen LogP contribution in [0.4, 0.5) is 0 Å². The van der Waals surface area contributed by atoms with Crippen LogP contribution in [0.25, 0.3) is 10.9 Å². The molecule has 0 bridgehead atoms. The summed E-state index contributed by atoms with van der Waals surface area (Å²) in [6.07, 6.45) is 0. The lowest BCUT2D eigenvalue weighted by Crippen LogP contribution is -2.49. The molecule has 4 aromatic rings. The number of para-hydroxylation sites is 2. The van der Waals surface area contributed by atoms with Crippen molar-refractivity contribution in [1.29, 1.82) is 0 Å². The molecule has 2 aromatic carbocycles. The summed E-state index contributed by atoms with van der Waals surface area (Å²) in [6, 6.07) is 19.2. The molecule has 2 aromatic heterocycles. The Bertz CT molecular complexity index is 1210. The van der Waals surface area contributed by atoms with Gasteiger partial charge in [0.15, 0.2) is 12.4 Å². The Kier molecular flexibility index (Phi) is 4.63. The lowest BCUT2D eigenvalue weighted by atomic mass is 9.99. The summed E-state index contributed by atoms with van der Waals surface area (Å²) in [7, 11) is 0. The first-order valence-corrected chi connectivity index (χ1v) is 9.83. The molecule has 150 valence electrons. The average Bonchev–Trinajstić information content (AvgIpc) is 3.20. The molecule has 0 radical (unpaired) electrons. The topological polar surface area (TPSA) is 81.4 Å². The quantitative estimate of drug-likeness (QED) is 0.508. The van der Waals surface area contributed by atoms with Crippen LogP contribution < -0.4 is 4.74 Å². The van der Waals surface area contributed by atoms with Crippen molar-refractivity contribution in [3.63, 3.8) is 0 Å². The summed E-state index contributed by atoms with van der Waals surface area (Å²) in [5.74, 6) is 1.80. The number of aromatic nitrogens is 3. The Morgan fingerprint density at radius 3 is 2.73 bits per heavy atom. The standard InChI is InChI=1S/C23H20N4O3/c1-15-6-2-5-9-20(15)29-14-21-25-22(26-30-21)17-12-27(13-17)23(28)19-11-10-16-7-3-4-8-18(16)24-19/h2-11,17H,12-14H2,1H3. The number of nitrogens with zero attached hydrogens (tertiary/aromatic N) is 4. The van der Waals surface area contributed by atoms with Crippen molar-refractivity contribution in [2.75, 3.05) is 13.1 Å². The van der Waals surface area contributed by atoms with Crippen LogP contribution in [0.3, 0.4) is 0 Å². The Balaban J connectivity index is 1.19. The van der Waals surface area contributed by atoms with Gasteiger partial charge in [-0.2, -0.15) is 4.98 Å². The molecule has 5 rings (SSSR count). The number of likely N-dealkylation sites (tertiary alicyclic amines) is 1. The Morgan fingerprint density at radius 2 is 1.87 bits per heavy atom. The van der Waals surface area contributed by atoms with Crippen molar-refractivity contribution in [3.8, 4) is 5.75 Å². The number of carbonyl (C=O) groups is 1. The van der Waals surface area contributed by atoms with Gasteiger partial charge >= 0.3 is 0 Å². The number of aryl methyl sites for hydroxylation is 1. The molecule has 1 fully saturated rings. The van der Waals surface area contributed by atoms with Crippen molar-refractivity contribution in [2.24, 2.45) is 0 Å². The lowest BCUT2D eigenvalue weighted by molar-refractivity contribution is 0.0586. The van der Waals surface area contributed by atoms with E-state index in [0.717, 1.165) is 22.2 Å². The van der Waals surface area contributed by atoms with Crippen molar-refractivity contribution in [3.05, 3.63) is 83.6 Å². The van der Waals surface area contributed by atoms with Crippen molar-refractivity contribution in [1.82, 2.24) is 20.0 Å². The smallest absolute Gasteiger partial charge is 0.272 e. The minimum atomic E-state index is -0.0800. The van der Waals surface area contributed by atoms with E-state index in [1.54, 1.807) is 11.0 Å². The van der Waals surface area contributed by atoms with Crippen molar-refractivity contribution >= 4 is 16.8 Å². The fourth-order valence-electron chi connectivity index (χ4n) is 3.51. The second-order valence-corrected chi connectivity index (χ2v) is 7.40. The molecule has 3 heterocycles. The van der Waals surface area contributed by atoms with Crippen LogP contribution in [0.15, 0.2) is 65.2 Å². The van der Waals surface area contributed by atoms with Crippen LogP contribution in [0.5, 0.6) is 5.75 Å². The molecule has 0 saturated carbocycles. The zero-order valence-corrected chi connectivity index (χ0v) is 16.5. The molecule has 0 spiro atoms. The Morgan fingerprint density at radius 1 is 1.07 bits per heavy atom. The van der Waals surface area contributed by atoms with Gasteiger partial charge in [-0.25, -0.2) is 4.98 Å². The number of hydrogen-bond donors (Lipinski definition) is 0. The molecule has 1 saturated heterocycles. The van der Waals surface area contributed by atoms with Gasteiger partial charge in [0, 0.05) is 18.5 Å². The second kappa shape index (κ2) is 7.59. The van der Waals surface area contributed by atoms with Gasteiger partial charge < -0.3 is 14.2 Å². The first-order valence-electron chi connectivity index (χ1n) is 9.83. The molecular formula is C23H20N4O3. The van der Waals surface area contributed by atoms with Crippen molar-refractivity contribution in [2.45, 2.75) is 19.4 Å². The number of rotatable bonds is 5. The Hall–Kier alpha value is -3.74. The first-order chi connectivity index (χ1) is 14.7. The van der Waals surface area contributed by atoms with E-state index in [1.807, 2.05) is 61.5 Å². The highest BCUT2D eigenvalue weighted by atomic mass is 16.5. The van der Waals surface area contributed by atoms with Gasteiger partial charge in [0.2, 0.25) is 0 Å². The highest BCUT2D eigenvalue weighted by Gasteiger charge is 2.36. The minimum absolute atomic E-state index is 0.0605. The van der Waals surface area contributed by atoms with Gasteiger partial charge in [-0.3, -0.25) is 4.79 Å². The van der Waals surface area contributed by atoms with E-state index in [1.165, 1.54) is 0 Å². The van der Waals surface area contributed by atoms with Crippen LogP contribution >= 0.6 is 0 Å². The molecule has 0 N–H and O–H groups in total. The molecule has 0 unspecified atom stereocenters. The number of amides is 1. The maximum absolute atomic E-state index is 12.7. The van der Waals surface area contributed by atoms with Crippen LogP contribution in [-0.4, -0.2) is 39.0 Å². The number of carbonyl (C=O) groups excluding carboxylic acids is 1. The first kappa shape index (κ1) is 18.3. The predicted molar refractivity (Wildman–Crippen MR) is 110 cm³/mol. The number of benzene rings is 2. The van der Waals surface area contributed by atoms with E-state index < -0.39 is 0 Å². The number of hydrogen-bond acceptors (Lipinski definition) is 6. The van der Waals surface area contributed by atoms with E-state index in [4.69, 9.17) is 9.26 Å². The fraction of sp³-hybridized carbons (Fsp3) is 0.217. The van der Waals surface area contributed by atoms with Crippen molar-refractivity contribution < 1.29 is 14.1 Å². The van der Waals surface area contributed by atoms with Crippen LogP contribution in [0.1, 0.15) is 33.7 Å². The van der Waals surface area contributed by atoms with Gasteiger partial charge in [0.25, 0.3) is 11.8 Å². The summed E-state index contributed by atoms with van der Waals surface area (Å²) in [5.41, 5.74) is 2.32. The molecular weight excluding hydrogens is 380 g/mol. The third kappa shape index (κ3) is 3.50. The summed E-state index contributed by atoms with van der Waals surface area (Å²) in [6.45, 7) is 3.29. The van der Waals surface area contributed by atoms with Gasteiger partial charge in [-0.15, -0.1) is 0 Å². The van der Waals surface area contributed by atoms with E-state index >= 15 is 0 Å². The molecule has 0 atom stereocenters. The third-order valence-corrected chi connectivity index (χ3v) is 5.28. The highest BCUT2D eigenvalue weighted by molar-refractivity contribution is 5.95. The molecule has 0 aliphatic carbocycles. The van der Waals surface area contributed by atoms with E-state index in [2.05, 4.69) is 15.1 Å². The summed E-state index contributed by atoms with van der Waals surface area (Å²) >= 11 is 0. The number of pyridine rings is 1. The number of ether oxygens (including phenoxy) is 1. The zero-order chi connectivity index (χ0) is 20.5. The largest absolute Gasteiger partial charge is 0.483 e. The van der Waals surface area contributed by atoms with E-state index in [0.29, 0.717) is 30.5 Å². The highest BCUT2D eigenvalue weighted by Crippen LogP contribution is 2.27. The lowest BCUT2D eigenvalue weighted by Gasteiger charge is -2.37. The van der Waals surface area contributed by atoms with Crippen LogP contribution in [0.2, 0.25) is 0 Å². The maximum atomic E-state index is 12.7. The Labute approximate surface area is 173 Å². The van der Waals surface area contributed by atoms with Gasteiger partial charge in [0.1, 0.15) is 11.4 Å². The zero-order valence-electron chi connectivity index (χ0n) is 16.5. The van der Waals surface area contributed by atoms with E-state index in [-0.39, 0.29) is 18.4 Å². The predicted octanol–water partition coefficient (Wildman–Crippen LogP) is 3.74. The normalized spacial score (nSPS) is 14.0. The van der Waals surface area contributed by atoms with Gasteiger partial charge in [-0.1, -0.05) is 47.6 Å². The summed E-state index contributed by atoms with van der Waals surface area (Å²) in [4.78, 5) is 23.4. The summed E-state index contributed by atoms with van der Waals surface area (Å²) < 4.78 is 11.1. The SMILES string of the molecule is Cc1ccccc1OCc1nc(C2CN(C(=O)c3ccc4ccccc4n3)C2)no1. The second-order valence-electron chi connectivity index (χ2n) is 7.40. The van der Waals surface area contributed by atoms with Crippen LogP contribution in [-0.2, 0) is 6.61 Å². The monoisotopic (exact) mass is 400 g/mol. The molecule has 7 nitrogen and oxygen atoms in total. The molecule has 30 heavy (non-hydrogen) atoms. The third-order valence-electron chi connectivity index (χ3n) is 5.28. The van der Waals surface area contributed by atoms with E-state index in [9.17, 15) is 4.79 Å². The molecule has 1 aliphatic heterocycles. The maximum Gasteiger partial charge on any atom is 0.272 e. The van der Waals surface area contributed by atoms with Gasteiger partial charge in [0.05, 0.1) is 11.4 Å². The summed E-state index contributed by atoms with van der Waals surface area (Å²) in [5, 5.41) is 5.08. The molecule has 1 amide bonds. The minimum Gasteiger partial charge on any atom is -0.483 e. The van der Waals surface area contributed by atoms with Gasteiger partial charge in [-0.05, 0) is 30.7 Å². The molecule has 7 heteroatoms. The van der Waals surface area contributed by atoms with Crippen LogP contribution in [0, 0.1) is 6.92 Å². The fourth-order valence-corrected chi connectivity index (χ4v) is 3.51. The molecule has 1 aliphatic rings.